The molecule has 17 heavy (non-hydrogen) atoms. The Labute approximate surface area is 104 Å². The average molecular weight is 240 g/mol. The molecule has 0 bridgehead atoms. The van der Waals surface area contributed by atoms with Crippen molar-refractivity contribution in [3.05, 3.63) is 12.7 Å². The van der Waals surface area contributed by atoms with Gasteiger partial charge in [-0.1, -0.05) is 6.08 Å². The minimum atomic E-state index is -0.269. The van der Waals surface area contributed by atoms with Crippen LogP contribution < -0.4 is 5.32 Å². The molecule has 1 aliphatic rings. The molecule has 0 spiro atoms. The fourth-order valence-electron chi connectivity index (χ4n) is 2.25. The van der Waals surface area contributed by atoms with E-state index in [1.807, 2.05) is 11.8 Å². The summed E-state index contributed by atoms with van der Waals surface area (Å²) in [4.78, 5) is 14.3. The third-order valence-electron chi connectivity index (χ3n) is 3.32. The Hall–Kier alpha value is -0.870. The fourth-order valence-corrected chi connectivity index (χ4v) is 2.25. The summed E-state index contributed by atoms with van der Waals surface area (Å²) in [6.45, 7) is 9.34. The Balaban J connectivity index is 2.64. The van der Waals surface area contributed by atoms with Crippen LogP contribution in [-0.2, 0) is 9.53 Å². The van der Waals surface area contributed by atoms with Crippen molar-refractivity contribution < 1.29 is 9.53 Å². The Bertz CT molecular complexity index is 260. The molecule has 1 amide bonds. The third kappa shape index (κ3) is 3.82. The number of ether oxygens (including phenoxy) is 1. The lowest BCUT2D eigenvalue weighted by atomic mass is 9.81. The second-order valence-corrected chi connectivity index (χ2v) is 4.87. The van der Waals surface area contributed by atoms with Gasteiger partial charge in [-0.3, -0.25) is 4.79 Å². The van der Waals surface area contributed by atoms with E-state index >= 15 is 0 Å². The van der Waals surface area contributed by atoms with Gasteiger partial charge in [0.2, 0.25) is 5.91 Å². The van der Waals surface area contributed by atoms with Crippen molar-refractivity contribution >= 4 is 5.91 Å². The number of hydrogen-bond donors (Lipinski definition) is 1. The van der Waals surface area contributed by atoms with Gasteiger partial charge in [0, 0.05) is 26.7 Å². The molecule has 98 valence electrons. The van der Waals surface area contributed by atoms with E-state index in [2.05, 4.69) is 11.9 Å². The van der Waals surface area contributed by atoms with Gasteiger partial charge in [-0.25, -0.2) is 0 Å². The zero-order valence-corrected chi connectivity index (χ0v) is 11.0. The van der Waals surface area contributed by atoms with Crippen LogP contribution in [0.4, 0.5) is 0 Å². The van der Waals surface area contributed by atoms with Crippen LogP contribution >= 0.6 is 0 Å². The van der Waals surface area contributed by atoms with Crippen LogP contribution in [-0.4, -0.2) is 50.7 Å². The van der Waals surface area contributed by atoms with E-state index in [1.165, 1.54) is 0 Å². The first-order valence-electron chi connectivity index (χ1n) is 6.24. The minimum absolute atomic E-state index is 0.210. The first kappa shape index (κ1) is 14.2. The fraction of sp³-hybridized carbons (Fsp3) is 0.769. The van der Waals surface area contributed by atoms with Crippen LogP contribution in [0.2, 0.25) is 0 Å². The summed E-state index contributed by atoms with van der Waals surface area (Å²) in [5.74, 6) is 0.210. The standard InChI is InChI=1S/C13H24N2O2/c1-4-8-15(9-10-17-3)12(16)13(2)6-5-7-14-11-13/h4,14H,1,5-11H2,2-3H3. The smallest absolute Gasteiger partial charge is 0.230 e. The summed E-state index contributed by atoms with van der Waals surface area (Å²) in [6, 6.07) is 0. The molecule has 1 rings (SSSR count). The summed E-state index contributed by atoms with van der Waals surface area (Å²) in [5.41, 5.74) is -0.269. The number of carbonyl (C=O) groups excluding carboxylic acids is 1. The molecule has 1 aliphatic heterocycles. The predicted octanol–water partition coefficient (Wildman–Crippen LogP) is 1.04. The molecule has 4 nitrogen and oxygen atoms in total. The van der Waals surface area contributed by atoms with Gasteiger partial charge < -0.3 is 15.0 Å². The van der Waals surface area contributed by atoms with E-state index in [1.54, 1.807) is 13.2 Å². The number of nitrogens with one attached hydrogen (secondary N) is 1. The number of hydrogen-bond acceptors (Lipinski definition) is 3. The summed E-state index contributed by atoms with van der Waals surface area (Å²) in [7, 11) is 1.65. The second-order valence-electron chi connectivity index (χ2n) is 4.87. The molecule has 0 radical (unpaired) electrons. The lowest BCUT2D eigenvalue weighted by molar-refractivity contribution is -0.142. The van der Waals surface area contributed by atoms with Gasteiger partial charge in [-0.2, -0.15) is 0 Å². The van der Waals surface area contributed by atoms with Crippen LogP contribution in [0.15, 0.2) is 12.7 Å². The number of amides is 1. The lowest BCUT2D eigenvalue weighted by Crippen LogP contribution is -2.51. The third-order valence-corrected chi connectivity index (χ3v) is 3.32. The highest BCUT2D eigenvalue weighted by Crippen LogP contribution is 2.27. The highest BCUT2D eigenvalue weighted by Gasteiger charge is 2.37. The Kier molecular flexibility index (Phi) is 5.65. The average Bonchev–Trinajstić information content (AvgIpc) is 2.34. The first-order chi connectivity index (χ1) is 8.14. The first-order valence-corrected chi connectivity index (χ1v) is 6.24. The monoisotopic (exact) mass is 240 g/mol. The number of rotatable bonds is 6. The van der Waals surface area contributed by atoms with E-state index in [-0.39, 0.29) is 11.3 Å². The molecule has 0 aromatic rings. The van der Waals surface area contributed by atoms with Crippen molar-refractivity contribution in [1.82, 2.24) is 10.2 Å². The SMILES string of the molecule is C=CCN(CCOC)C(=O)C1(C)CCCNC1. The molecule has 0 saturated carbocycles. The van der Waals surface area contributed by atoms with Crippen LogP contribution in [0.25, 0.3) is 0 Å². The number of carbonyl (C=O) groups is 1. The van der Waals surface area contributed by atoms with E-state index in [9.17, 15) is 4.79 Å². The quantitative estimate of drug-likeness (QED) is 0.705. The van der Waals surface area contributed by atoms with Gasteiger partial charge in [0.05, 0.1) is 12.0 Å². The maximum absolute atomic E-state index is 12.5. The Morgan fingerprint density at radius 3 is 2.94 bits per heavy atom. The molecule has 0 aromatic heterocycles. The van der Waals surface area contributed by atoms with Crippen molar-refractivity contribution in [2.45, 2.75) is 19.8 Å². The number of methoxy groups -OCH3 is 1. The van der Waals surface area contributed by atoms with Crippen LogP contribution in [0.5, 0.6) is 0 Å². The molecule has 0 aromatic carbocycles. The molecule has 4 heteroatoms. The molecule has 1 saturated heterocycles. The molecule has 1 N–H and O–H groups in total. The van der Waals surface area contributed by atoms with Crippen molar-refractivity contribution in [2.24, 2.45) is 5.41 Å². The molecular weight excluding hydrogens is 216 g/mol. The summed E-state index contributed by atoms with van der Waals surface area (Å²) in [6.07, 6.45) is 3.79. The highest BCUT2D eigenvalue weighted by molar-refractivity contribution is 5.83. The van der Waals surface area contributed by atoms with Crippen molar-refractivity contribution in [2.75, 3.05) is 39.9 Å². The molecular formula is C13H24N2O2. The van der Waals surface area contributed by atoms with Gasteiger partial charge in [0.25, 0.3) is 0 Å². The van der Waals surface area contributed by atoms with E-state index < -0.39 is 0 Å². The van der Waals surface area contributed by atoms with E-state index in [4.69, 9.17) is 4.74 Å². The largest absolute Gasteiger partial charge is 0.383 e. The van der Waals surface area contributed by atoms with Crippen molar-refractivity contribution in [3.63, 3.8) is 0 Å². The van der Waals surface area contributed by atoms with Crippen LogP contribution in [0.1, 0.15) is 19.8 Å². The van der Waals surface area contributed by atoms with Crippen molar-refractivity contribution in [3.8, 4) is 0 Å². The molecule has 0 aliphatic carbocycles. The Morgan fingerprint density at radius 2 is 2.41 bits per heavy atom. The number of nitrogens with zero attached hydrogens (tertiary/aromatic N) is 1. The van der Waals surface area contributed by atoms with Gasteiger partial charge in [0.15, 0.2) is 0 Å². The summed E-state index contributed by atoms with van der Waals surface area (Å²) >= 11 is 0. The topological polar surface area (TPSA) is 41.6 Å². The van der Waals surface area contributed by atoms with Crippen molar-refractivity contribution in [1.29, 1.82) is 0 Å². The maximum atomic E-state index is 12.5. The van der Waals surface area contributed by atoms with Gasteiger partial charge in [0.1, 0.15) is 0 Å². The van der Waals surface area contributed by atoms with Gasteiger partial charge >= 0.3 is 0 Å². The molecule has 1 atom stereocenters. The van der Waals surface area contributed by atoms with E-state index in [0.29, 0.717) is 19.7 Å². The summed E-state index contributed by atoms with van der Waals surface area (Å²) in [5, 5.41) is 3.30. The predicted molar refractivity (Wildman–Crippen MR) is 68.9 cm³/mol. The molecule has 1 unspecified atom stereocenters. The van der Waals surface area contributed by atoms with E-state index in [0.717, 1.165) is 25.9 Å². The highest BCUT2D eigenvalue weighted by atomic mass is 16.5. The minimum Gasteiger partial charge on any atom is -0.383 e. The maximum Gasteiger partial charge on any atom is 0.230 e. The van der Waals surface area contributed by atoms with Crippen LogP contribution in [0, 0.1) is 5.41 Å². The summed E-state index contributed by atoms with van der Waals surface area (Å²) < 4.78 is 5.05. The Morgan fingerprint density at radius 1 is 1.65 bits per heavy atom. The zero-order valence-electron chi connectivity index (χ0n) is 11.0. The van der Waals surface area contributed by atoms with Crippen LogP contribution in [0.3, 0.4) is 0 Å². The molecule has 1 fully saturated rings. The normalized spacial score (nSPS) is 24.4. The second kappa shape index (κ2) is 6.77. The zero-order chi connectivity index (χ0) is 12.7. The van der Waals surface area contributed by atoms with Gasteiger partial charge in [-0.15, -0.1) is 6.58 Å². The number of piperidine rings is 1. The lowest BCUT2D eigenvalue weighted by Gasteiger charge is -2.37. The van der Waals surface area contributed by atoms with Gasteiger partial charge in [-0.05, 0) is 26.3 Å². The molecule has 1 heterocycles.